The van der Waals surface area contributed by atoms with Gasteiger partial charge in [0.05, 0.1) is 10.6 Å². The zero-order valence-electron chi connectivity index (χ0n) is 14.6. The highest BCUT2D eigenvalue weighted by atomic mass is 32.2. The van der Waals surface area contributed by atoms with Crippen molar-refractivity contribution in [2.24, 2.45) is 0 Å². The summed E-state index contributed by atoms with van der Waals surface area (Å²) in [5.74, 6) is -1.11. The molecule has 1 N–H and O–H groups in total. The Morgan fingerprint density at radius 1 is 1.15 bits per heavy atom. The van der Waals surface area contributed by atoms with E-state index in [0.717, 1.165) is 21.5 Å². The van der Waals surface area contributed by atoms with Gasteiger partial charge in [0.2, 0.25) is 0 Å². The number of hydrogen-bond acceptors (Lipinski definition) is 5. The summed E-state index contributed by atoms with van der Waals surface area (Å²) in [5, 5.41) is 9.42. The second-order valence-electron chi connectivity index (χ2n) is 5.99. The van der Waals surface area contributed by atoms with Crippen LogP contribution >= 0.6 is 0 Å². The van der Waals surface area contributed by atoms with Crippen molar-refractivity contribution in [3.05, 3.63) is 47.0 Å². The summed E-state index contributed by atoms with van der Waals surface area (Å²) in [6, 6.07) is 7.78. The Bertz CT molecular complexity index is 983. The number of sulfonamides is 1. The molecule has 2 aromatic rings. The van der Waals surface area contributed by atoms with Crippen molar-refractivity contribution < 1.29 is 27.8 Å². The van der Waals surface area contributed by atoms with Gasteiger partial charge in [0, 0.05) is 13.1 Å². The lowest BCUT2D eigenvalue weighted by atomic mass is 10.1. The minimum atomic E-state index is -3.99. The molecule has 3 rings (SSSR count). The molecule has 0 radical (unpaired) electrons. The highest BCUT2D eigenvalue weighted by molar-refractivity contribution is 7.92. The molecule has 1 aliphatic heterocycles. The minimum absolute atomic E-state index is 0.0529. The first kappa shape index (κ1) is 18.1. The molecule has 0 amide bonds. The monoisotopic (exact) mass is 377 g/mol. The molecule has 1 aliphatic rings. The third kappa shape index (κ3) is 2.96. The summed E-state index contributed by atoms with van der Waals surface area (Å²) in [6.45, 7) is 4.17. The molecule has 0 aromatic heterocycles. The Labute approximate surface area is 151 Å². The number of nitrogens with zero attached hydrogens (tertiary/aromatic N) is 1. The van der Waals surface area contributed by atoms with Gasteiger partial charge in [-0.25, -0.2) is 13.2 Å². The first-order valence-electron chi connectivity index (χ1n) is 7.95. The molecular formula is C18H19NO6S. The van der Waals surface area contributed by atoms with Crippen LogP contribution in [0.15, 0.2) is 35.2 Å². The van der Waals surface area contributed by atoms with Crippen LogP contribution < -0.4 is 13.8 Å². The number of aryl methyl sites for hydroxylation is 1. The molecule has 2 aromatic carbocycles. The number of carboxylic acids is 1. The predicted octanol–water partition coefficient (Wildman–Crippen LogP) is 2.60. The van der Waals surface area contributed by atoms with E-state index in [0.29, 0.717) is 5.69 Å². The molecule has 8 heteroatoms. The standard InChI is InChI=1S/C18H19NO6S/c1-11-5-4-6-15(12(11)2)19(3)26(22,23)13-9-14(18(20)21)17-16(10-13)24-7-8-25-17/h4-6,9-10H,7-8H2,1-3H3,(H,20,21). The lowest BCUT2D eigenvalue weighted by Crippen LogP contribution is -2.28. The normalized spacial score (nSPS) is 13.3. The number of hydrogen-bond donors (Lipinski definition) is 1. The maximum atomic E-state index is 13.1. The zero-order chi connectivity index (χ0) is 19.1. The van der Waals surface area contributed by atoms with Crippen molar-refractivity contribution in [3.63, 3.8) is 0 Å². The fourth-order valence-electron chi connectivity index (χ4n) is 2.80. The number of carboxylic acid groups (broad SMARTS) is 1. The van der Waals surface area contributed by atoms with Crippen LogP contribution in [0, 0.1) is 13.8 Å². The van der Waals surface area contributed by atoms with E-state index < -0.39 is 16.0 Å². The predicted molar refractivity (Wildman–Crippen MR) is 95.9 cm³/mol. The van der Waals surface area contributed by atoms with Crippen LogP contribution in [-0.2, 0) is 10.0 Å². The van der Waals surface area contributed by atoms with Gasteiger partial charge >= 0.3 is 5.97 Å². The van der Waals surface area contributed by atoms with E-state index >= 15 is 0 Å². The number of ether oxygens (including phenoxy) is 2. The van der Waals surface area contributed by atoms with Gasteiger partial charge < -0.3 is 14.6 Å². The number of carbonyl (C=O) groups is 1. The third-order valence-corrected chi connectivity index (χ3v) is 6.17. The summed E-state index contributed by atoms with van der Waals surface area (Å²) >= 11 is 0. The Balaban J connectivity index is 2.14. The molecular weight excluding hydrogens is 358 g/mol. The van der Waals surface area contributed by atoms with Crippen LogP contribution in [0.25, 0.3) is 0 Å². The number of fused-ring (bicyclic) bond motifs is 1. The van der Waals surface area contributed by atoms with Gasteiger partial charge in [-0.05, 0) is 37.1 Å². The van der Waals surface area contributed by atoms with Crippen LogP contribution in [0.2, 0.25) is 0 Å². The molecule has 0 atom stereocenters. The molecule has 0 spiro atoms. The minimum Gasteiger partial charge on any atom is -0.486 e. The Morgan fingerprint density at radius 3 is 2.54 bits per heavy atom. The highest BCUT2D eigenvalue weighted by Gasteiger charge is 2.29. The maximum absolute atomic E-state index is 13.1. The van der Waals surface area contributed by atoms with Crippen LogP contribution in [0.5, 0.6) is 11.5 Å². The molecule has 0 aliphatic carbocycles. The van der Waals surface area contributed by atoms with Gasteiger partial charge in [-0.3, -0.25) is 4.31 Å². The first-order valence-corrected chi connectivity index (χ1v) is 9.39. The average molecular weight is 377 g/mol. The Morgan fingerprint density at radius 2 is 1.85 bits per heavy atom. The molecule has 138 valence electrons. The van der Waals surface area contributed by atoms with Crippen molar-refractivity contribution in [2.45, 2.75) is 18.7 Å². The van der Waals surface area contributed by atoms with Gasteiger partial charge in [0.1, 0.15) is 18.8 Å². The first-order chi connectivity index (χ1) is 12.2. The summed E-state index contributed by atoms with van der Waals surface area (Å²) in [5.41, 5.74) is 2.07. The Kier molecular flexibility index (Phi) is 4.53. The topological polar surface area (TPSA) is 93.1 Å². The number of aromatic carboxylic acids is 1. The van der Waals surface area contributed by atoms with Gasteiger partial charge in [-0.2, -0.15) is 0 Å². The van der Waals surface area contributed by atoms with Crippen molar-refractivity contribution in [2.75, 3.05) is 24.6 Å². The molecule has 1 heterocycles. The third-order valence-electron chi connectivity index (χ3n) is 4.42. The average Bonchev–Trinajstić information content (AvgIpc) is 2.62. The van der Waals surface area contributed by atoms with E-state index in [2.05, 4.69) is 0 Å². The van der Waals surface area contributed by atoms with Gasteiger partial charge in [0.25, 0.3) is 10.0 Å². The highest BCUT2D eigenvalue weighted by Crippen LogP contribution is 2.38. The molecule has 7 nitrogen and oxygen atoms in total. The van der Waals surface area contributed by atoms with Gasteiger partial charge in [0.15, 0.2) is 11.5 Å². The summed E-state index contributed by atoms with van der Waals surface area (Å²) in [6.07, 6.45) is 0. The van der Waals surface area contributed by atoms with Crippen LogP contribution in [-0.4, -0.2) is 39.8 Å². The second kappa shape index (κ2) is 6.53. The lowest BCUT2D eigenvalue weighted by Gasteiger charge is -2.25. The van der Waals surface area contributed by atoms with E-state index in [9.17, 15) is 18.3 Å². The fourth-order valence-corrected chi connectivity index (χ4v) is 4.10. The maximum Gasteiger partial charge on any atom is 0.339 e. The van der Waals surface area contributed by atoms with Crippen LogP contribution in [0.3, 0.4) is 0 Å². The van der Waals surface area contributed by atoms with Crippen molar-refractivity contribution in [1.29, 1.82) is 0 Å². The van der Waals surface area contributed by atoms with E-state index in [4.69, 9.17) is 9.47 Å². The molecule has 0 saturated carbocycles. The van der Waals surface area contributed by atoms with Crippen LogP contribution in [0.1, 0.15) is 21.5 Å². The van der Waals surface area contributed by atoms with E-state index in [1.807, 2.05) is 19.9 Å². The zero-order valence-corrected chi connectivity index (χ0v) is 15.5. The number of rotatable bonds is 4. The molecule has 0 fully saturated rings. The molecule has 0 unspecified atom stereocenters. The van der Waals surface area contributed by atoms with Crippen molar-refractivity contribution in [1.82, 2.24) is 0 Å². The summed E-state index contributed by atoms with van der Waals surface area (Å²) in [7, 11) is -2.55. The van der Waals surface area contributed by atoms with E-state index in [1.54, 1.807) is 12.1 Å². The molecule has 26 heavy (non-hydrogen) atoms. The fraction of sp³-hybridized carbons (Fsp3) is 0.278. The smallest absolute Gasteiger partial charge is 0.339 e. The number of benzene rings is 2. The largest absolute Gasteiger partial charge is 0.486 e. The Hall–Kier alpha value is -2.74. The quantitative estimate of drug-likeness (QED) is 0.880. The van der Waals surface area contributed by atoms with Crippen LogP contribution in [0.4, 0.5) is 5.69 Å². The second-order valence-corrected chi connectivity index (χ2v) is 7.96. The summed E-state index contributed by atoms with van der Waals surface area (Å²) in [4.78, 5) is 11.4. The lowest BCUT2D eigenvalue weighted by molar-refractivity contribution is 0.0685. The SMILES string of the molecule is Cc1cccc(N(C)S(=O)(=O)c2cc3c(c(C(=O)O)c2)OCCO3)c1C. The summed E-state index contributed by atoms with van der Waals surface area (Å²) < 4.78 is 38.1. The molecule has 0 saturated heterocycles. The van der Waals surface area contributed by atoms with Gasteiger partial charge in [-0.1, -0.05) is 12.1 Å². The van der Waals surface area contributed by atoms with E-state index in [-0.39, 0.29) is 35.2 Å². The van der Waals surface area contributed by atoms with Gasteiger partial charge in [-0.15, -0.1) is 0 Å². The van der Waals surface area contributed by atoms with E-state index in [1.165, 1.54) is 13.1 Å². The van der Waals surface area contributed by atoms with Crippen molar-refractivity contribution >= 4 is 21.7 Å². The van der Waals surface area contributed by atoms with Crippen molar-refractivity contribution in [3.8, 4) is 11.5 Å². The number of anilines is 1. The molecule has 0 bridgehead atoms.